The number of benzene rings is 1. The number of nitrogens with zero attached hydrogens (tertiary/aromatic N) is 2. The van der Waals surface area contributed by atoms with Crippen molar-refractivity contribution < 1.29 is 4.79 Å². The molecule has 3 aliphatic rings. The highest BCUT2D eigenvalue weighted by atomic mass is 16.2. The van der Waals surface area contributed by atoms with E-state index in [-0.39, 0.29) is 11.9 Å². The number of anilines is 1. The van der Waals surface area contributed by atoms with Gasteiger partial charge in [0.05, 0.1) is 6.54 Å². The number of carbonyl (C=O) groups is 1. The minimum atomic E-state index is 0.246. The zero-order valence-corrected chi connectivity index (χ0v) is 14.2. The fraction of sp³-hybridized carbons (Fsp3) is 0.632. The maximum absolute atomic E-state index is 12.9. The van der Waals surface area contributed by atoms with Gasteiger partial charge in [0.2, 0.25) is 5.91 Å². The summed E-state index contributed by atoms with van der Waals surface area (Å²) in [5.41, 5.74) is 2.42. The van der Waals surface area contributed by atoms with Crippen molar-refractivity contribution in [2.45, 2.75) is 63.2 Å². The van der Waals surface area contributed by atoms with Gasteiger partial charge in [0.15, 0.2) is 0 Å². The van der Waals surface area contributed by atoms with Crippen LogP contribution in [0.4, 0.5) is 5.69 Å². The largest absolute Gasteiger partial charge is 0.311 e. The minimum Gasteiger partial charge on any atom is -0.311 e. The van der Waals surface area contributed by atoms with Crippen LogP contribution in [0.1, 0.15) is 38.2 Å². The molecule has 0 spiro atoms. The lowest BCUT2D eigenvalue weighted by atomic mass is 9.98. The summed E-state index contributed by atoms with van der Waals surface area (Å²) in [6.07, 6.45) is 5.96. The Labute approximate surface area is 138 Å². The summed E-state index contributed by atoms with van der Waals surface area (Å²) in [7, 11) is 2.12. The third-order valence-corrected chi connectivity index (χ3v) is 5.93. The summed E-state index contributed by atoms with van der Waals surface area (Å²) >= 11 is 0. The highest BCUT2D eigenvalue weighted by molar-refractivity contribution is 5.97. The molecule has 2 fully saturated rings. The molecule has 0 aliphatic carbocycles. The Kier molecular flexibility index (Phi) is 3.90. The van der Waals surface area contributed by atoms with Crippen molar-refractivity contribution in [3.8, 4) is 0 Å². The van der Waals surface area contributed by atoms with Crippen molar-refractivity contribution in [1.82, 2.24) is 10.2 Å². The van der Waals surface area contributed by atoms with Crippen LogP contribution >= 0.6 is 0 Å². The van der Waals surface area contributed by atoms with Crippen molar-refractivity contribution in [2.24, 2.45) is 0 Å². The number of fused-ring (bicyclic) bond motifs is 3. The lowest BCUT2D eigenvalue weighted by molar-refractivity contribution is -0.120. The van der Waals surface area contributed by atoms with Crippen LogP contribution < -0.4 is 10.2 Å². The quantitative estimate of drug-likeness (QED) is 0.929. The molecule has 1 aromatic carbocycles. The molecule has 4 heteroatoms. The second kappa shape index (κ2) is 5.91. The van der Waals surface area contributed by atoms with E-state index in [1.54, 1.807) is 0 Å². The molecule has 0 radical (unpaired) electrons. The Hall–Kier alpha value is -1.39. The number of carbonyl (C=O) groups excluding carboxylic acids is 1. The van der Waals surface area contributed by atoms with Crippen LogP contribution in [0, 0.1) is 0 Å². The number of likely N-dealkylation sites (N-methyl/N-ethyl adjacent to an activating group) is 1. The number of rotatable bonds is 3. The van der Waals surface area contributed by atoms with Gasteiger partial charge in [0.25, 0.3) is 0 Å². The molecule has 4 rings (SSSR count). The van der Waals surface area contributed by atoms with E-state index in [1.165, 1.54) is 31.2 Å². The molecular weight excluding hydrogens is 286 g/mol. The molecule has 1 amide bonds. The smallest absolute Gasteiger partial charge is 0.241 e. The third-order valence-electron chi connectivity index (χ3n) is 5.93. The Bertz CT molecular complexity index is 590. The van der Waals surface area contributed by atoms with Crippen LogP contribution in [0.25, 0.3) is 0 Å². The van der Waals surface area contributed by atoms with Gasteiger partial charge in [-0.25, -0.2) is 0 Å². The van der Waals surface area contributed by atoms with E-state index in [4.69, 9.17) is 0 Å². The van der Waals surface area contributed by atoms with Crippen LogP contribution in [0.5, 0.6) is 0 Å². The Morgan fingerprint density at radius 3 is 2.70 bits per heavy atom. The molecule has 0 aromatic heterocycles. The first kappa shape index (κ1) is 15.2. The highest BCUT2D eigenvalue weighted by Gasteiger charge is 2.37. The van der Waals surface area contributed by atoms with Gasteiger partial charge >= 0.3 is 0 Å². The molecule has 0 saturated carbocycles. The zero-order valence-electron chi connectivity index (χ0n) is 14.2. The monoisotopic (exact) mass is 313 g/mol. The van der Waals surface area contributed by atoms with Gasteiger partial charge in [-0.1, -0.05) is 18.2 Å². The molecule has 3 heterocycles. The van der Waals surface area contributed by atoms with Gasteiger partial charge in [-0.2, -0.15) is 0 Å². The van der Waals surface area contributed by atoms with E-state index in [0.29, 0.717) is 24.7 Å². The average Bonchev–Trinajstić information content (AvgIpc) is 3.05. The summed E-state index contributed by atoms with van der Waals surface area (Å²) in [6, 6.07) is 10.5. The molecule has 3 atom stereocenters. The maximum Gasteiger partial charge on any atom is 0.241 e. The zero-order chi connectivity index (χ0) is 16.0. The van der Waals surface area contributed by atoms with Gasteiger partial charge in [0, 0.05) is 29.9 Å². The first-order valence-corrected chi connectivity index (χ1v) is 8.98. The molecule has 23 heavy (non-hydrogen) atoms. The number of amides is 1. The Morgan fingerprint density at radius 2 is 1.96 bits per heavy atom. The average molecular weight is 313 g/mol. The fourth-order valence-electron chi connectivity index (χ4n) is 4.75. The summed E-state index contributed by atoms with van der Waals surface area (Å²) < 4.78 is 0. The normalized spacial score (nSPS) is 32.4. The second-order valence-electron chi connectivity index (χ2n) is 7.62. The third kappa shape index (κ3) is 2.79. The van der Waals surface area contributed by atoms with E-state index in [2.05, 4.69) is 42.4 Å². The van der Waals surface area contributed by atoms with Gasteiger partial charge in [-0.05, 0) is 57.7 Å². The van der Waals surface area contributed by atoms with E-state index in [9.17, 15) is 4.79 Å². The molecule has 2 bridgehead atoms. The van der Waals surface area contributed by atoms with Crippen molar-refractivity contribution >= 4 is 11.6 Å². The number of nitrogens with one attached hydrogen (secondary N) is 1. The van der Waals surface area contributed by atoms with Gasteiger partial charge in [0.1, 0.15) is 0 Å². The molecule has 4 nitrogen and oxygen atoms in total. The lowest BCUT2D eigenvalue weighted by Crippen LogP contribution is -2.50. The van der Waals surface area contributed by atoms with Crippen LogP contribution in [-0.4, -0.2) is 48.6 Å². The predicted octanol–water partition coefficient (Wildman–Crippen LogP) is 2.18. The molecule has 124 valence electrons. The van der Waals surface area contributed by atoms with Crippen LogP contribution in [0.2, 0.25) is 0 Å². The Balaban J connectivity index is 1.43. The SMILES string of the molecule is CC1Cc2ccccc2N1C(=O)CN(C)C1CC2CCC(C1)N2. The van der Waals surface area contributed by atoms with Gasteiger partial charge in [-0.3, -0.25) is 9.69 Å². The first-order chi connectivity index (χ1) is 11.1. The van der Waals surface area contributed by atoms with Crippen LogP contribution in [0.15, 0.2) is 24.3 Å². The summed E-state index contributed by atoms with van der Waals surface area (Å²) in [5, 5.41) is 3.68. The fourth-order valence-corrected chi connectivity index (χ4v) is 4.75. The minimum absolute atomic E-state index is 0.246. The predicted molar refractivity (Wildman–Crippen MR) is 92.7 cm³/mol. The van der Waals surface area contributed by atoms with Crippen molar-refractivity contribution in [2.75, 3.05) is 18.5 Å². The van der Waals surface area contributed by atoms with E-state index in [0.717, 1.165) is 12.1 Å². The molecular formula is C19H27N3O. The molecule has 1 aromatic rings. The van der Waals surface area contributed by atoms with E-state index >= 15 is 0 Å². The second-order valence-corrected chi connectivity index (χ2v) is 7.62. The van der Waals surface area contributed by atoms with Crippen molar-refractivity contribution in [3.63, 3.8) is 0 Å². The van der Waals surface area contributed by atoms with Crippen molar-refractivity contribution in [1.29, 1.82) is 0 Å². The molecule has 1 N–H and O–H groups in total. The van der Waals surface area contributed by atoms with Crippen LogP contribution in [0.3, 0.4) is 0 Å². The topological polar surface area (TPSA) is 35.6 Å². The summed E-state index contributed by atoms with van der Waals surface area (Å²) in [6.45, 7) is 2.69. The molecule has 2 saturated heterocycles. The Morgan fingerprint density at radius 1 is 1.26 bits per heavy atom. The number of hydrogen-bond donors (Lipinski definition) is 1. The summed E-state index contributed by atoms with van der Waals surface area (Å²) in [5.74, 6) is 0.246. The molecule has 3 aliphatic heterocycles. The van der Waals surface area contributed by atoms with E-state index in [1.807, 2.05) is 11.0 Å². The van der Waals surface area contributed by atoms with Gasteiger partial charge in [-0.15, -0.1) is 0 Å². The summed E-state index contributed by atoms with van der Waals surface area (Å²) in [4.78, 5) is 17.2. The number of hydrogen-bond acceptors (Lipinski definition) is 3. The highest BCUT2D eigenvalue weighted by Crippen LogP contribution is 2.33. The van der Waals surface area contributed by atoms with Crippen molar-refractivity contribution in [3.05, 3.63) is 29.8 Å². The number of piperidine rings is 1. The van der Waals surface area contributed by atoms with E-state index < -0.39 is 0 Å². The number of para-hydroxylation sites is 1. The molecule has 3 unspecified atom stereocenters. The van der Waals surface area contributed by atoms with Crippen LogP contribution in [-0.2, 0) is 11.2 Å². The lowest BCUT2D eigenvalue weighted by Gasteiger charge is -2.36. The first-order valence-electron chi connectivity index (χ1n) is 8.98. The van der Waals surface area contributed by atoms with Gasteiger partial charge < -0.3 is 10.2 Å². The standard InChI is InChI=1S/C19H27N3O/c1-13-9-14-5-3-4-6-18(14)22(13)19(23)12-21(2)17-10-15-7-8-16(11-17)20-15/h3-6,13,15-17,20H,7-12H2,1-2H3. The maximum atomic E-state index is 12.9.